The maximum absolute atomic E-state index is 12.4. The fourth-order valence-corrected chi connectivity index (χ4v) is 4.59. The fraction of sp³-hybridized carbons (Fsp3) is 0.370. The zero-order chi connectivity index (χ0) is 22.1. The van der Waals surface area contributed by atoms with Crippen LogP contribution in [0.1, 0.15) is 18.4 Å². The quantitative estimate of drug-likeness (QED) is 0.278. The lowest BCUT2D eigenvalue weighted by Gasteiger charge is -2.27. The Labute approximate surface area is 187 Å². The Bertz CT molecular complexity index is 1210. The monoisotopic (exact) mass is 432 g/mol. The molecule has 1 heterocycles. The van der Waals surface area contributed by atoms with Crippen molar-refractivity contribution in [3.05, 3.63) is 60.2 Å². The van der Waals surface area contributed by atoms with Crippen LogP contribution in [-0.4, -0.2) is 52.2 Å². The van der Waals surface area contributed by atoms with Crippen molar-refractivity contribution in [1.29, 1.82) is 0 Å². The molecule has 32 heavy (non-hydrogen) atoms. The normalized spacial score (nSPS) is 16.4. The molecule has 2 atom stereocenters. The first-order chi connectivity index (χ1) is 15.7. The van der Waals surface area contributed by atoms with Crippen LogP contribution in [0.2, 0.25) is 0 Å². The Hall–Kier alpha value is -2.73. The van der Waals surface area contributed by atoms with E-state index >= 15 is 0 Å². The first kappa shape index (κ1) is 21.1. The summed E-state index contributed by atoms with van der Waals surface area (Å²) < 4.78 is 21.7. The molecule has 166 valence electrons. The lowest BCUT2D eigenvalue weighted by molar-refractivity contribution is -0.180. The number of hydrogen-bond donors (Lipinski definition) is 0. The topological polar surface area (TPSA) is 54.0 Å². The smallest absolute Gasteiger partial charge is 0.314 e. The Morgan fingerprint density at radius 1 is 0.938 bits per heavy atom. The Morgan fingerprint density at radius 3 is 2.31 bits per heavy atom. The van der Waals surface area contributed by atoms with E-state index in [4.69, 9.17) is 18.9 Å². The highest BCUT2D eigenvalue weighted by Gasteiger charge is 2.28. The van der Waals surface area contributed by atoms with Crippen molar-refractivity contribution in [2.45, 2.75) is 18.9 Å². The molecule has 0 saturated carbocycles. The molecule has 5 rings (SSSR count). The van der Waals surface area contributed by atoms with Crippen LogP contribution < -0.4 is 0 Å². The first-order valence-corrected chi connectivity index (χ1v) is 11.2. The third kappa shape index (κ3) is 3.92. The van der Waals surface area contributed by atoms with E-state index in [9.17, 15) is 4.79 Å². The van der Waals surface area contributed by atoms with Crippen molar-refractivity contribution < 1.29 is 23.7 Å². The van der Waals surface area contributed by atoms with E-state index in [-0.39, 0.29) is 31.2 Å². The largest absolute Gasteiger partial charge is 0.457 e. The van der Waals surface area contributed by atoms with Crippen molar-refractivity contribution in [1.82, 2.24) is 0 Å². The molecule has 0 radical (unpaired) electrons. The number of rotatable bonds is 9. The van der Waals surface area contributed by atoms with E-state index in [0.717, 1.165) is 0 Å². The van der Waals surface area contributed by atoms with E-state index in [1.807, 2.05) is 0 Å². The van der Waals surface area contributed by atoms with Gasteiger partial charge in [0.15, 0.2) is 0 Å². The van der Waals surface area contributed by atoms with Gasteiger partial charge in [0.25, 0.3) is 0 Å². The summed E-state index contributed by atoms with van der Waals surface area (Å²) in [5.74, 6) is -0.538. The minimum atomic E-state index is -0.436. The highest BCUT2D eigenvalue weighted by molar-refractivity contribution is 6.23. The average Bonchev–Trinajstić information content (AvgIpc) is 2.79. The van der Waals surface area contributed by atoms with Gasteiger partial charge in [-0.1, -0.05) is 61.5 Å². The summed E-state index contributed by atoms with van der Waals surface area (Å²) in [4.78, 5) is 12.4. The van der Waals surface area contributed by atoms with E-state index < -0.39 is 5.92 Å². The Morgan fingerprint density at radius 2 is 1.62 bits per heavy atom. The third-order valence-corrected chi connectivity index (χ3v) is 6.37. The highest BCUT2D eigenvalue weighted by Crippen LogP contribution is 2.37. The van der Waals surface area contributed by atoms with Crippen LogP contribution >= 0.6 is 0 Å². The summed E-state index contributed by atoms with van der Waals surface area (Å²) >= 11 is 0. The number of methoxy groups -OCH3 is 1. The number of hydrogen-bond acceptors (Lipinski definition) is 5. The molecule has 5 heteroatoms. The molecule has 2 unspecified atom stereocenters. The van der Waals surface area contributed by atoms with Crippen LogP contribution in [0.15, 0.2) is 54.6 Å². The van der Waals surface area contributed by atoms with Gasteiger partial charge in [0.1, 0.15) is 12.0 Å². The molecule has 1 fully saturated rings. The molecule has 0 aliphatic carbocycles. The molecule has 1 aliphatic rings. The molecule has 0 N–H and O–H groups in total. The fourth-order valence-electron chi connectivity index (χ4n) is 4.59. The van der Waals surface area contributed by atoms with Crippen LogP contribution in [0.25, 0.3) is 32.3 Å². The van der Waals surface area contributed by atoms with Gasteiger partial charge in [0, 0.05) is 13.0 Å². The van der Waals surface area contributed by atoms with Gasteiger partial charge in [-0.25, -0.2) is 0 Å². The summed E-state index contributed by atoms with van der Waals surface area (Å²) in [6.07, 6.45) is -0.141. The maximum atomic E-state index is 12.4. The molecule has 5 nitrogen and oxygen atoms in total. The predicted molar refractivity (Wildman–Crippen MR) is 125 cm³/mol. The number of ether oxygens (including phenoxy) is 4. The van der Waals surface area contributed by atoms with Crippen LogP contribution in [0, 0.1) is 5.92 Å². The van der Waals surface area contributed by atoms with Gasteiger partial charge in [-0.3, -0.25) is 4.79 Å². The van der Waals surface area contributed by atoms with Crippen LogP contribution in [0.5, 0.6) is 0 Å². The van der Waals surface area contributed by atoms with Gasteiger partial charge in [-0.15, -0.1) is 0 Å². The van der Waals surface area contributed by atoms with Gasteiger partial charge < -0.3 is 18.9 Å². The second-order valence-corrected chi connectivity index (χ2v) is 8.70. The molecule has 4 aromatic carbocycles. The SMILES string of the molecule is COCC(COCC(C)c1ccc2ccc3cccc4ccc1c2c34)C(=O)OC1COC1. The molecular weight excluding hydrogens is 404 g/mol. The summed E-state index contributed by atoms with van der Waals surface area (Å²) in [6.45, 7) is 4.18. The number of benzene rings is 4. The Kier molecular flexibility index (Phi) is 5.96. The van der Waals surface area contributed by atoms with Crippen LogP contribution in [0.3, 0.4) is 0 Å². The van der Waals surface area contributed by atoms with Crippen LogP contribution in [-0.2, 0) is 23.7 Å². The number of carbonyl (C=O) groups is 1. The number of esters is 1. The lowest BCUT2D eigenvalue weighted by Crippen LogP contribution is -2.40. The molecule has 1 aliphatic heterocycles. The minimum Gasteiger partial charge on any atom is -0.457 e. The van der Waals surface area contributed by atoms with Gasteiger partial charge >= 0.3 is 5.97 Å². The zero-order valence-electron chi connectivity index (χ0n) is 18.5. The van der Waals surface area contributed by atoms with Gasteiger partial charge in [0.2, 0.25) is 0 Å². The predicted octanol–water partition coefficient (Wildman–Crippen LogP) is 4.91. The molecule has 1 saturated heterocycles. The molecule has 0 bridgehead atoms. The summed E-state index contributed by atoms with van der Waals surface area (Å²) in [6, 6.07) is 19.7. The highest BCUT2D eigenvalue weighted by atomic mass is 16.6. The minimum absolute atomic E-state index is 0.141. The third-order valence-electron chi connectivity index (χ3n) is 6.37. The maximum Gasteiger partial charge on any atom is 0.314 e. The molecule has 0 amide bonds. The lowest BCUT2D eigenvalue weighted by atomic mass is 9.88. The van der Waals surface area contributed by atoms with Crippen molar-refractivity contribution in [3.8, 4) is 0 Å². The zero-order valence-corrected chi connectivity index (χ0v) is 18.5. The van der Waals surface area contributed by atoms with Crippen LogP contribution in [0.4, 0.5) is 0 Å². The second kappa shape index (κ2) is 9.02. The van der Waals surface area contributed by atoms with E-state index in [1.165, 1.54) is 37.9 Å². The van der Waals surface area contributed by atoms with Crippen molar-refractivity contribution >= 4 is 38.3 Å². The molecule has 4 aromatic rings. The van der Waals surface area contributed by atoms with E-state index in [0.29, 0.717) is 19.8 Å². The summed E-state index contributed by atoms with van der Waals surface area (Å²) in [5, 5.41) is 7.68. The van der Waals surface area contributed by atoms with Gasteiger partial charge in [-0.05, 0) is 37.9 Å². The van der Waals surface area contributed by atoms with Crippen molar-refractivity contribution in [2.75, 3.05) is 40.1 Å². The van der Waals surface area contributed by atoms with Crippen molar-refractivity contribution in [3.63, 3.8) is 0 Å². The number of carbonyl (C=O) groups excluding carboxylic acids is 1. The first-order valence-electron chi connectivity index (χ1n) is 11.2. The van der Waals surface area contributed by atoms with Gasteiger partial charge in [-0.2, -0.15) is 0 Å². The molecule has 0 spiro atoms. The van der Waals surface area contributed by atoms with Crippen molar-refractivity contribution in [2.24, 2.45) is 5.92 Å². The van der Waals surface area contributed by atoms with E-state index in [2.05, 4.69) is 61.5 Å². The Balaban J connectivity index is 1.33. The standard InChI is InChI=1S/C27H28O5/c1-17(12-30-14-21(13-29-2)27(28)32-22-15-31-16-22)23-10-8-20-7-6-18-4-3-5-19-9-11-24(23)26(20)25(18)19/h3-11,17,21-22H,12-16H2,1-2H3. The molecular formula is C27H28O5. The average molecular weight is 433 g/mol. The summed E-state index contributed by atoms with van der Waals surface area (Å²) in [7, 11) is 1.58. The summed E-state index contributed by atoms with van der Waals surface area (Å²) in [5.41, 5.74) is 1.26. The van der Waals surface area contributed by atoms with Gasteiger partial charge in [0.05, 0.1) is 33.0 Å². The second-order valence-electron chi connectivity index (χ2n) is 8.70. The molecule has 0 aromatic heterocycles. The van der Waals surface area contributed by atoms with E-state index in [1.54, 1.807) is 7.11 Å².